The molecular weight excluding hydrogens is 218 g/mol. The van der Waals surface area contributed by atoms with Crippen molar-refractivity contribution in [3.8, 4) is 0 Å². The van der Waals surface area contributed by atoms with Crippen LogP contribution in [0.15, 0.2) is 11.0 Å². The topological polar surface area (TPSA) is 59.3 Å². The Morgan fingerprint density at radius 1 is 1.35 bits per heavy atom. The first kappa shape index (κ1) is 11.9. The first-order valence-corrected chi connectivity index (χ1v) is 6.02. The lowest BCUT2D eigenvalue weighted by Crippen LogP contribution is -2.28. The number of nitrogens with zero attached hydrogens (tertiary/aromatic N) is 1. The van der Waals surface area contributed by atoms with Crippen molar-refractivity contribution < 1.29 is 9.90 Å². The van der Waals surface area contributed by atoms with Crippen molar-refractivity contribution in [2.75, 3.05) is 0 Å². The number of carboxylic acids is 1. The second-order valence-electron chi connectivity index (χ2n) is 4.81. The molecule has 1 aromatic heterocycles. The highest BCUT2D eigenvalue weighted by molar-refractivity contribution is 5.87. The second kappa shape index (κ2) is 4.35. The number of fused-ring (bicyclic) bond motifs is 1. The monoisotopic (exact) mass is 235 g/mol. The van der Waals surface area contributed by atoms with Gasteiger partial charge in [0, 0.05) is 23.5 Å². The largest absolute Gasteiger partial charge is 0.477 e. The second-order valence-corrected chi connectivity index (χ2v) is 4.81. The molecule has 4 nitrogen and oxygen atoms in total. The highest BCUT2D eigenvalue weighted by atomic mass is 16.4. The molecule has 0 bridgehead atoms. The Labute approximate surface area is 99.9 Å². The van der Waals surface area contributed by atoms with Crippen molar-refractivity contribution in [1.29, 1.82) is 0 Å². The van der Waals surface area contributed by atoms with Crippen molar-refractivity contribution in [2.45, 2.75) is 45.6 Å². The van der Waals surface area contributed by atoms with E-state index in [1.165, 1.54) is 6.20 Å². The van der Waals surface area contributed by atoms with Gasteiger partial charge in [-0.1, -0.05) is 0 Å². The van der Waals surface area contributed by atoms with E-state index in [1.54, 1.807) is 0 Å². The number of pyridine rings is 1. The van der Waals surface area contributed by atoms with E-state index in [1.807, 2.05) is 18.4 Å². The Hall–Kier alpha value is -1.58. The van der Waals surface area contributed by atoms with Gasteiger partial charge < -0.3 is 9.67 Å². The van der Waals surface area contributed by atoms with Crippen LogP contribution in [-0.2, 0) is 12.8 Å². The molecule has 1 aliphatic carbocycles. The standard InChI is InChI=1S/C13H17NO3/c1-8(2)14-7-10(13(16)17)12(15)9-5-3-4-6-11(9)14/h7-8H,3-6H2,1-2H3,(H,16,17). The van der Waals surface area contributed by atoms with E-state index >= 15 is 0 Å². The molecule has 1 N–H and O–H groups in total. The predicted octanol–water partition coefficient (Wildman–Crippen LogP) is 2.01. The molecule has 1 aliphatic rings. The molecule has 4 heteroatoms. The third kappa shape index (κ3) is 1.99. The van der Waals surface area contributed by atoms with Crippen molar-refractivity contribution in [1.82, 2.24) is 4.57 Å². The van der Waals surface area contributed by atoms with Crippen LogP contribution in [0.4, 0.5) is 0 Å². The molecule has 1 heterocycles. The molecule has 0 aliphatic heterocycles. The van der Waals surface area contributed by atoms with Crippen LogP contribution in [0.1, 0.15) is 54.3 Å². The summed E-state index contributed by atoms with van der Waals surface area (Å²) in [7, 11) is 0. The fourth-order valence-corrected chi connectivity index (χ4v) is 2.47. The Bertz CT molecular complexity index is 514. The van der Waals surface area contributed by atoms with Crippen molar-refractivity contribution >= 4 is 5.97 Å². The Balaban J connectivity index is 2.72. The molecule has 1 aromatic rings. The van der Waals surface area contributed by atoms with Crippen molar-refractivity contribution in [2.24, 2.45) is 0 Å². The quantitative estimate of drug-likeness (QED) is 0.853. The van der Waals surface area contributed by atoms with Gasteiger partial charge in [0.15, 0.2) is 5.43 Å². The van der Waals surface area contributed by atoms with E-state index < -0.39 is 5.97 Å². The minimum Gasteiger partial charge on any atom is -0.477 e. The third-order valence-corrected chi connectivity index (χ3v) is 3.32. The summed E-state index contributed by atoms with van der Waals surface area (Å²) < 4.78 is 1.94. The minimum atomic E-state index is -1.13. The lowest BCUT2D eigenvalue weighted by molar-refractivity contribution is 0.0694. The van der Waals surface area contributed by atoms with Crippen LogP contribution in [-0.4, -0.2) is 15.6 Å². The fraction of sp³-hybridized carbons (Fsp3) is 0.538. The highest BCUT2D eigenvalue weighted by Crippen LogP contribution is 2.22. The van der Waals surface area contributed by atoms with Crippen LogP contribution < -0.4 is 5.43 Å². The van der Waals surface area contributed by atoms with Gasteiger partial charge in [0.2, 0.25) is 0 Å². The van der Waals surface area contributed by atoms with Crippen LogP contribution >= 0.6 is 0 Å². The van der Waals surface area contributed by atoms with E-state index in [9.17, 15) is 9.59 Å². The van der Waals surface area contributed by atoms with Crippen LogP contribution in [0, 0.1) is 0 Å². The van der Waals surface area contributed by atoms with E-state index in [0.29, 0.717) is 12.0 Å². The van der Waals surface area contributed by atoms with E-state index in [-0.39, 0.29) is 17.0 Å². The van der Waals surface area contributed by atoms with E-state index in [0.717, 1.165) is 25.0 Å². The zero-order valence-corrected chi connectivity index (χ0v) is 10.2. The summed E-state index contributed by atoms with van der Waals surface area (Å²) in [5, 5.41) is 9.06. The van der Waals surface area contributed by atoms with Gasteiger partial charge >= 0.3 is 5.97 Å². The summed E-state index contributed by atoms with van der Waals surface area (Å²) in [6, 6.07) is 0.181. The molecule has 92 valence electrons. The maximum atomic E-state index is 12.0. The summed E-state index contributed by atoms with van der Waals surface area (Å²) in [5.74, 6) is -1.13. The molecule has 0 saturated carbocycles. The lowest BCUT2D eigenvalue weighted by Gasteiger charge is -2.24. The molecule has 0 amide bonds. The zero-order chi connectivity index (χ0) is 12.6. The van der Waals surface area contributed by atoms with Gasteiger partial charge in [-0.2, -0.15) is 0 Å². The molecule has 0 fully saturated rings. The lowest BCUT2D eigenvalue weighted by atomic mass is 9.93. The average molecular weight is 235 g/mol. The van der Waals surface area contributed by atoms with Crippen LogP contribution in [0.25, 0.3) is 0 Å². The maximum absolute atomic E-state index is 12.0. The molecule has 2 rings (SSSR count). The van der Waals surface area contributed by atoms with Gasteiger partial charge in [-0.3, -0.25) is 4.79 Å². The SMILES string of the molecule is CC(C)n1cc(C(=O)O)c(=O)c2c1CCCC2. The fourth-order valence-electron chi connectivity index (χ4n) is 2.47. The molecule has 0 atom stereocenters. The molecule has 0 saturated heterocycles. The average Bonchev–Trinajstić information content (AvgIpc) is 2.29. The Kier molecular flexibility index (Phi) is 3.05. The molecule has 0 spiro atoms. The molecule has 17 heavy (non-hydrogen) atoms. The van der Waals surface area contributed by atoms with E-state index in [4.69, 9.17) is 5.11 Å². The number of aromatic nitrogens is 1. The van der Waals surface area contributed by atoms with Gasteiger partial charge in [0.25, 0.3) is 0 Å². The minimum absolute atomic E-state index is 0.0978. The highest BCUT2D eigenvalue weighted by Gasteiger charge is 2.22. The molecular formula is C13H17NO3. The van der Waals surface area contributed by atoms with Gasteiger partial charge in [0.1, 0.15) is 5.56 Å². The summed E-state index contributed by atoms with van der Waals surface area (Å²) in [5.41, 5.74) is 1.36. The number of carboxylic acid groups (broad SMARTS) is 1. The molecule has 0 aromatic carbocycles. The number of hydrogen-bond donors (Lipinski definition) is 1. The van der Waals surface area contributed by atoms with Gasteiger partial charge in [-0.25, -0.2) is 4.79 Å². The van der Waals surface area contributed by atoms with Crippen LogP contribution in [0.5, 0.6) is 0 Å². The summed E-state index contributed by atoms with van der Waals surface area (Å²) >= 11 is 0. The maximum Gasteiger partial charge on any atom is 0.341 e. The van der Waals surface area contributed by atoms with Crippen molar-refractivity contribution in [3.05, 3.63) is 33.2 Å². The number of hydrogen-bond acceptors (Lipinski definition) is 2. The molecule has 0 radical (unpaired) electrons. The summed E-state index contributed by atoms with van der Waals surface area (Å²) in [6.07, 6.45) is 5.14. The number of aromatic carboxylic acids is 1. The smallest absolute Gasteiger partial charge is 0.341 e. The van der Waals surface area contributed by atoms with Gasteiger partial charge in [-0.05, 0) is 39.5 Å². The van der Waals surface area contributed by atoms with E-state index in [2.05, 4.69) is 0 Å². The molecule has 0 unspecified atom stereocenters. The Morgan fingerprint density at radius 2 is 2.00 bits per heavy atom. The third-order valence-electron chi connectivity index (χ3n) is 3.32. The summed E-state index contributed by atoms with van der Waals surface area (Å²) in [6.45, 7) is 4.01. The van der Waals surface area contributed by atoms with Crippen LogP contribution in [0.3, 0.4) is 0 Å². The number of carbonyl (C=O) groups is 1. The first-order valence-electron chi connectivity index (χ1n) is 6.02. The normalized spacial score (nSPS) is 14.8. The zero-order valence-electron chi connectivity index (χ0n) is 10.2. The summed E-state index contributed by atoms with van der Waals surface area (Å²) in [4.78, 5) is 23.1. The predicted molar refractivity (Wildman–Crippen MR) is 64.7 cm³/mol. The van der Waals surface area contributed by atoms with Gasteiger partial charge in [0.05, 0.1) is 0 Å². The van der Waals surface area contributed by atoms with Crippen LogP contribution in [0.2, 0.25) is 0 Å². The van der Waals surface area contributed by atoms with Crippen molar-refractivity contribution in [3.63, 3.8) is 0 Å². The number of rotatable bonds is 2. The van der Waals surface area contributed by atoms with Gasteiger partial charge in [-0.15, -0.1) is 0 Å². The first-order chi connectivity index (χ1) is 8.02. The Morgan fingerprint density at radius 3 is 2.59 bits per heavy atom.